The molecule has 0 saturated carbocycles. The molecule has 0 radical (unpaired) electrons. The minimum Gasteiger partial charge on any atom is -0.457 e. The van der Waals surface area contributed by atoms with Crippen LogP contribution in [0, 0.1) is 5.82 Å². The van der Waals surface area contributed by atoms with E-state index in [4.69, 9.17) is 4.74 Å². The van der Waals surface area contributed by atoms with Crippen LogP contribution in [0.3, 0.4) is 0 Å². The van der Waals surface area contributed by atoms with Gasteiger partial charge in [0.25, 0.3) is 0 Å². The molecule has 3 rings (SSSR count). The van der Waals surface area contributed by atoms with E-state index in [1.807, 2.05) is 30.5 Å². The van der Waals surface area contributed by atoms with Gasteiger partial charge in [0.05, 0.1) is 5.69 Å². The van der Waals surface area contributed by atoms with Crippen molar-refractivity contribution in [2.75, 3.05) is 5.32 Å². The quantitative estimate of drug-likeness (QED) is 0.667. The molecular formula is C20H22FN3O. The molecule has 1 heterocycles. The molecule has 0 spiro atoms. The number of ether oxygens (including phenoxy) is 1. The van der Waals surface area contributed by atoms with E-state index in [9.17, 15) is 4.39 Å². The van der Waals surface area contributed by atoms with Crippen LogP contribution in [0.25, 0.3) is 0 Å². The molecule has 1 aromatic heterocycles. The molecule has 2 N–H and O–H groups in total. The number of nitrogens with one attached hydrogen (secondary N) is 2. The zero-order chi connectivity index (χ0) is 17.9. The van der Waals surface area contributed by atoms with Gasteiger partial charge in [-0.15, -0.1) is 0 Å². The summed E-state index contributed by atoms with van der Waals surface area (Å²) in [5.74, 6) is 1.03. The summed E-state index contributed by atoms with van der Waals surface area (Å²) in [6.45, 7) is 7.14. The van der Waals surface area contributed by atoms with E-state index in [0.29, 0.717) is 18.0 Å². The fraction of sp³-hybridized carbons (Fsp3) is 0.250. The third-order valence-electron chi connectivity index (χ3n) is 3.82. The summed E-state index contributed by atoms with van der Waals surface area (Å²) >= 11 is 0. The van der Waals surface area contributed by atoms with Crippen molar-refractivity contribution < 1.29 is 9.13 Å². The van der Waals surface area contributed by atoms with Crippen LogP contribution in [-0.4, -0.2) is 10.2 Å². The second-order valence-electron chi connectivity index (χ2n) is 6.94. The first-order valence-corrected chi connectivity index (χ1v) is 8.22. The Kier molecular flexibility index (Phi) is 4.74. The van der Waals surface area contributed by atoms with E-state index < -0.39 is 0 Å². The number of anilines is 1. The molecule has 4 nitrogen and oxygen atoms in total. The van der Waals surface area contributed by atoms with E-state index >= 15 is 0 Å². The molecule has 0 fully saturated rings. The van der Waals surface area contributed by atoms with Gasteiger partial charge in [-0.2, -0.15) is 5.10 Å². The molecule has 0 bridgehead atoms. The Morgan fingerprint density at radius 3 is 2.20 bits per heavy atom. The number of aromatic nitrogens is 2. The maximum Gasteiger partial charge on any atom is 0.127 e. The second-order valence-corrected chi connectivity index (χ2v) is 6.94. The van der Waals surface area contributed by atoms with Gasteiger partial charge in [-0.05, 0) is 48.5 Å². The standard InChI is InChI=1S/C20H22FN3O/c1-20(2,3)19-14(13-23-24-19)12-22-16-6-10-18(11-7-16)25-17-8-4-15(21)5-9-17/h4-11,13,22H,12H2,1-3H3,(H,23,24). The van der Waals surface area contributed by atoms with Crippen LogP contribution in [0.2, 0.25) is 0 Å². The second kappa shape index (κ2) is 6.97. The van der Waals surface area contributed by atoms with Crippen molar-refractivity contribution in [3.05, 3.63) is 71.8 Å². The van der Waals surface area contributed by atoms with Crippen molar-refractivity contribution in [3.8, 4) is 11.5 Å². The van der Waals surface area contributed by atoms with Crippen LogP contribution in [0.4, 0.5) is 10.1 Å². The average Bonchev–Trinajstić information content (AvgIpc) is 3.05. The van der Waals surface area contributed by atoms with Crippen LogP contribution in [0.15, 0.2) is 54.7 Å². The predicted octanol–water partition coefficient (Wildman–Crippen LogP) is 5.25. The van der Waals surface area contributed by atoms with Crippen LogP contribution in [0.1, 0.15) is 32.0 Å². The molecule has 5 heteroatoms. The summed E-state index contributed by atoms with van der Waals surface area (Å²) in [6, 6.07) is 13.6. The van der Waals surface area contributed by atoms with Gasteiger partial charge in [-0.1, -0.05) is 20.8 Å². The van der Waals surface area contributed by atoms with Crippen molar-refractivity contribution in [1.82, 2.24) is 10.2 Å². The Morgan fingerprint density at radius 2 is 1.60 bits per heavy atom. The molecule has 0 amide bonds. The van der Waals surface area contributed by atoms with Crippen LogP contribution >= 0.6 is 0 Å². The first kappa shape index (κ1) is 17.0. The highest BCUT2D eigenvalue weighted by atomic mass is 19.1. The predicted molar refractivity (Wildman–Crippen MR) is 97.5 cm³/mol. The van der Waals surface area contributed by atoms with E-state index in [2.05, 4.69) is 36.3 Å². The van der Waals surface area contributed by atoms with Crippen molar-refractivity contribution >= 4 is 5.69 Å². The largest absolute Gasteiger partial charge is 0.457 e. The molecule has 130 valence electrons. The van der Waals surface area contributed by atoms with Crippen LogP contribution in [0.5, 0.6) is 11.5 Å². The molecule has 0 saturated heterocycles. The van der Waals surface area contributed by atoms with Gasteiger partial charge in [-0.25, -0.2) is 4.39 Å². The molecule has 0 aliphatic rings. The Morgan fingerprint density at radius 1 is 1.00 bits per heavy atom. The molecule has 0 atom stereocenters. The molecule has 0 aliphatic heterocycles. The van der Waals surface area contributed by atoms with E-state index in [1.54, 1.807) is 12.1 Å². The molecular weight excluding hydrogens is 317 g/mol. The molecule has 3 aromatic rings. The summed E-state index contributed by atoms with van der Waals surface area (Å²) in [6.07, 6.45) is 1.93. The average molecular weight is 339 g/mol. The first-order chi connectivity index (χ1) is 11.9. The Labute approximate surface area is 147 Å². The highest BCUT2D eigenvalue weighted by Crippen LogP contribution is 2.25. The van der Waals surface area contributed by atoms with Gasteiger partial charge in [0, 0.05) is 29.4 Å². The SMILES string of the molecule is CC(C)(C)c1n[nH]cc1CNc1ccc(Oc2ccc(F)cc2)cc1. The lowest BCUT2D eigenvalue weighted by molar-refractivity contribution is 0.480. The van der Waals surface area contributed by atoms with Gasteiger partial charge >= 0.3 is 0 Å². The number of H-pyrrole nitrogens is 1. The normalized spacial score (nSPS) is 11.4. The summed E-state index contributed by atoms with van der Waals surface area (Å²) in [5, 5.41) is 10.7. The smallest absolute Gasteiger partial charge is 0.127 e. The topological polar surface area (TPSA) is 49.9 Å². The van der Waals surface area contributed by atoms with Crippen molar-refractivity contribution in [1.29, 1.82) is 0 Å². The summed E-state index contributed by atoms with van der Waals surface area (Å²) in [5.41, 5.74) is 3.21. The molecule has 2 aromatic carbocycles. The summed E-state index contributed by atoms with van der Waals surface area (Å²) < 4.78 is 18.6. The zero-order valence-corrected chi connectivity index (χ0v) is 14.6. The number of nitrogens with zero attached hydrogens (tertiary/aromatic N) is 1. The van der Waals surface area contributed by atoms with E-state index in [0.717, 1.165) is 16.9 Å². The van der Waals surface area contributed by atoms with Crippen molar-refractivity contribution in [2.24, 2.45) is 0 Å². The fourth-order valence-corrected chi connectivity index (χ4v) is 2.58. The lowest BCUT2D eigenvalue weighted by atomic mass is 9.89. The number of aromatic amines is 1. The van der Waals surface area contributed by atoms with E-state index in [1.165, 1.54) is 12.1 Å². The summed E-state index contributed by atoms with van der Waals surface area (Å²) in [4.78, 5) is 0. The highest BCUT2D eigenvalue weighted by molar-refractivity contribution is 5.48. The number of hydrogen-bond donors (Lipinski definition) is 2. The maximum absolute atomic E-state index is 12.9. The minimum absolute atomic E-state index is 0.00384. The minimum atomic E-state index is -0.277. The monoisotopic (exact) mass is 339 g/mol. The van der Waals surface area contributed by atoms with Gasteiger partial charge in [0.15, 0.2) is 0 Å². The third kappa shape index (κ3) is 4.38. The van der Waals surface area contributed by atoms with Crippen LogP contribution < -0.4 is 10.1 Å². The maximum atomic E-state index is 12.9. The number of halogens is 1. The van der Waals surface area contributed by atoms with Gasteiger partial charge in [0.1, 0.15) is 17.3 Å². The fourth-order valence-electron chi connectivity index (χ4n) is 2.58. The van der Waals surface area contributed by atoms with Crippen LogP contribution in [-0.2, 0) is 12.0 Å². The lowest BCUT2D eigenvalue weighted by Crippen LogP contribution is -2.15. The number of benzene rings is 2. The Balaban J connectivity index is 1.61. The number of hydrogen-bond acceptors (Lipinski definition) is 3. The molecule has 0 unspecified atom stereocenters. The summed E-state index contributed by atoms with van der Waals surface area (Å²) in [7, 11) is 0. The first-order valence-electron chi connectivity index (χ1n) is 8.22. The third-order valence-corrected chi connectivity index (χ3v) is 3.82. The van der Waals surface area contributed by atoms with Gasteiger partial charge in [-0.3, -0.25) is 5.10 Å². The zero-order valence-electron chi connectivity index (χ0n) is 14.6. The lowest BCUT2D eigenvalue weighted by Gasteiger charge is -2.17. The van der Waals surface area contributed by atoms with Crippen molar-refractivity contribution in [2.45, 2.75) is 32.7 Å². The molecule has 25 heavy (non-hydrogen) atoms. The number of rotatable bonds is 5. The Hall–Kier alpha value is -2.82. The van der Waals surface area contributed by atoms with Crippen molar-refractivity contribution in [3.63, 3.8) is 0 Å². The van der Waals surface area contributed by atoms with Gasteiger partial charge in [0.2, 0.25) is 0 Å². The Bertz CT molecular complexity index is 817. The van der Waals surface area contributed by atoms with Gasteiger partial charge < -0.3 is 10.1 Å². The highest BCUT2D eigenvalue weighted by Gasteiger charge is 2.20. The van der Waals surface area contributed by atoms with E-state index in [-0.39, 0.29) is 11.2 Å². The molecule has 0 aliphatic carbocycles.